The molecule has 1 aliphatic rings. The van der Waals surface area contributed by atoms with Gasteiger partial charge in [-0.2, -0.15) is 0 Å². The van der Waals surface area contributed by atoms with Gasteiger partial charge in [-0.1, -0.05) is 66.7 Å². The highest BCUT2D eigenvalue weighted by Gasteiger charge is 2.35. The molecule has 0 unspecified atom stereocenters. The van der Waals surface area contributed by atoms with Crippen molar-refractivity contribution in [1.82, 2.24) is 0 Å². The summed E-state index contributed by atoms with van der Waals surface area (Å²) in [7, 11) is 1.65. The third-order valence-electron chi connectivity index (χ3n) is 5.92. The Morgan fingerprint density at radius 3 is 2.32 bits per heavy atom. The summed E-state index contributed by atoms with van der Waals surface area (Å²) < 4.78 is 5.66. The monoisotopic (exact) mass is 464 g/mol. The number of amidine groups is 1. The van der Waals surface area contributed by atoms with Crippen molar-refractivity contribution in [2.45, 2.75) is 13.8 Å². The van der Waals surface area contributed by atoms with Gasteiger partial charge in [-0.25, -0.2) is 4.99 Å². The van der Waals surface area contributed by atoms with Crippen LogP contribution in [-0.2, 0) is 4.79 Å². The van der Waals surface area contributed by atoms with Gasteiger partial charge < -0.3 is 4.74 Å². The molecule has 1 heterocycles. The second-order valence-corrected chi connectivity index (χ2v) is 9.13. The van der Waals surface area contributed by atoms with Crippen LogP contribution in [0.1, 0.15) is 16.7 Å². The maximum Gasteiger partial charge on any atom is 0.271 e. The lowest BCUT2D eigenvalue weighted by Crippen LogP contribution is -2.29. The minimum absolute atomic E-state index is 0.0957. The van der Waals surface area contributed by atoms with E-state index in [4.69, 9.17) is 9.73 Å². The number of anilines is 1. The van der Waals surface area contributed by atoms with Crippen LogP contribution in [-0.4, -0.2) is 18.2 Å². The largest absolute Gasteiger partial charge is 0.496 e. The minimum atomic E-state index is -0.0957. The maximum atomic E-state index is 13.8. The van der Waals surface area contributed by atoms with Crippen molar-refractivity contribution < 1.29 is 9.53 Å². The lowest BCUT2D eigenvalue weighted by molar-refractivity contribution is -0.113. The third-order valence-corrected chi connectivity index (χ3v) is 6.89. The van der Waals surface area contributed by atoms with Crippen LogP contribution in [0.5, 0.6) is 5.75 Å². The predicted molar refractivity (Wildman–Crippen MR) is 143 cm³/mol. The summed E-state index contributed by atoms with van der Waals surface area (Å²) in [5.74, 6) is 0.632. The number of fused-ring (bicyclic) bond motifs is 1. The summed E-state index contributed by atoms with van der Waals surface area (Å²) in [5, 5.41) is 2.77. The second kappa shape index (κ2) is 9.20. The number of para-hydroxylation sites is 2. The molecule has 0 bridgehead atoms. The molecule has 1 amide bonds. The molecule has 4 nitrogen and oxygen atoms in total. The van der Waals surface area contributed by atoms with Crippen molar-refractivity contribution >= 4 is 51.1 Å². The molecule has 4 aromatic rings. The zero-order valence-electron chi connectivity index (χ0n) is 19.3. The zero-order chi connectivity index (χ0) is 23.7. The van der Waals surface area contributed by atoms with Crippen molar-refractivity contribution in [1.29, 1.82) is 0 Å². The minimum Gasteiger partial charge on any atom is -0.496 e. The van der Waals surface area contributed by atoms with E-state index in [0.29, 0.717) is 10.1 Å². The summed E-state index contributed by atoms with van der Waals surface area (Å²) in [5.41, 5.74) is 4.64. The van der Waals surface area contributed by atoms with Gasteiger partial charge in [0.05, 0.1) is 23.4 Å². The molecule has 168 valence electrons. The Labute approximate surface area is 203 Å². The van der Waals surface area contributed by atoms with E-state index in [0.717, 1.165) is 44.6 Å². The molecule has 0 N–H and O–H groups in total. The Bertz CT molecular complexity index is 1470. The molecule has 1 fully saturated rings. The quantitative estimate of drug-likeness (QED) is 0.298. The van der Waals surface area contributed by atoms with Gasteiger partial charge in [0.2, 0.25) is 0 Å². The molecule has 4 aromatic carbocycles. The van der Waals surface area contributed by atoms with Crippen molar-refractivity contribution in [3.63, 3.8) is 0 Å². The Morgan fingerprint density at radius 2 is 1.56 bits per heavy atom. The van der Waals surface area contributed by atoms with Crippen LogP contribution in [0.25, 0.3) is 16.8 Å². The zero-order valence-corrected chi connectivity index (χ0v) is 20.1. The predicted octanol–water partition coefficient (Wildman–Crippen LogP) is 7.27. The highest BCUT2D eigenvalue weighted by atomic mass is 32.2. The van der Waals surface area contributed by atoms with E-state index in [1.54, 1.807) is 12.0 Å². The molecule has 5 rings (SSSR count). The van der Waals surface area contributed by atoms with Gasteiger partial charge in [-0.3, -0.25) is 9.69 Å². The number of nitrogens with zero attached hydrogens (tertiary/aromatic N) is 2. The molecule has 34 heavy (non-hydrogen) atoms. The first kappa shape index (κ1) is 22.0. The number of hydrogen-bond donors (Lipinski definition) is 0. The lowest BCUT2D eigenvalue weighted by atomic mass is 10.0. The number of aliphatic imine (C=N–C) groups is 1. The first-order valence-electron chi connectivity index (χ1n) is 11.1. The van der Waals surface area contributed by atoms with Crippen molar-refractivity contribution in [2.75, 3.05) is 12.0 Å². The van der Waals surface area contributed by atoms with Crippen LogP contribution >= 0.6 is 11.8 Å². The van der Waals surface area contributed by atoms with E-state index in [9.17, 15) is 4.79 Å². The van der Waals surface area contributed by atoms with Gasteiger partial charge in [-0.15, -0.1) is 0 Å². The molecule has 5 heteroatoms. The summed E-state index contributed by atoms with van der Waals surface area (Å²) in [6, 6.07) is 27.9. The van der Waals surface area contributed by atoms with E-state index >= 15 is 0 Å². The highest BCUT2D eigenvalue weighted by molar-refractivity contribution is 8.19. The molecule has 0 aromatic heterocycles. The van der Waals surface area contributed by atoms with Crippen molar-refractivity contribution in [3.8, 4) is 5.75 Å². The normalized spacial score (nSPS) is 16.1. The first-order chi connectivity index (χ1) is 16.6. The highest BCUT2D eigenvalue weighted by Crippen LogP contribution is 2.40. The molecule has 0 atom stereocenters. The molecule has 0 aliphatic carbocycles. The number of carbonyl (C=O) groups is 1. The number of benzene rings is 4. The maximum absolute atomic E-state index is 13.8. The number of amides is 1. The molecular weight excluding hydrogens is 440 g/mol. The van der Waals surface area contributed by atoms with Gasteiger partial charge in [0.15, 0.2) is 5.17 Å². The Hall–Kier alpha value is -3.83. The number of ether oxygens (including phenoxy) is 1. The molecule has 0 spiro atoms. The van der Waals surface area contributed by atoms with Crippen molar-refractivity contribution in [2.24, 2.45) is 4.99 Å². The van der Waals surface area contributed by atoms with Gasteiger partial charge >= 0.3 is 0 Å². The van der Waals surface area contributed by atoms with E-state index < -0.39 is 0 Å². The molecule has 0 radical (unpaired) electrons. The van der Waals surface area contributed by atoms with E-state index in [-0.39, 0.29) is 5.91 Å². The van der Waals surface area contributed by atoms with Crippen molar-refractivity contribution in [3.05, 3.63) is 107 Å². The molecule has 1 saturated heterocycles. The van der Waals surface area contributed by atoms with Crippen LogP contribution in [0.3, 0.4) is 0 Å². The van der Waals surface area contributed by atoms with Gasteiger partial charge in [0.1, 0.15) is 5.75 Å². The van der Waals surface area contributed by atoms with Crippen LogP contribution in [0.2, 0.25) is 0 Å². The van der Waals surface area contributed by atoms with Crippen LogP contribution in [0, 0.1) is 13.8 Å². The number of aryl methyl sites for hydroxylation is 2. The Morgan fingerprint density at radius 1 is 0.853 bits per heavy atom. The SMILES string of the molecule is COc1ccc2ccccc2c1/C=C1/SC(=Nc2ccccc2C)N(c2ccccc2C)C1=O. The molecule has 1 aliphatic heterocycles. The van der Waals surface area contributed by atoms with Gasteiger partial charge in [0, 0.05) is 5.56 Å². The van der Waals surface area contributed by atoms with E-state index in [1.807, 2.05) is 92.7 Å². The number of methoxy groups -OCH3 is 1. The topological polar surface area (TPSA) is 41.9 Å². The fourth-order valence-corrected chi connectivity index (χ4v) is 5.07. The molecule has 0 saturated carbocycles. The van der Waals surface area contributed by atoms with E-state index in [2.05, 4.69) is 12.1 Å². The van der Waals surface area contributed by atoms with E-state index in [1.165, 1.54) is 11.8 Å². The number of rotatable bonds is 4. The fourth-order valence-electron chi connectivity index (χ4n) is 4.10. The van der Waals surface area contributed by atoms with Gasteiger partial charge in [-0.05, 0) is 71.8 Å². The lowest BCUT2D eigenvalue weighted by Gasteiger charge is -2.18. The first-order valence-corrected chi connectivity index (χ1v) is 11.9. The smallest absolute Gasteiger partial charge is 0.271 e. The fraction of sp³-hybridized carbons (Fsp3) is 0.103. The Kier molecular flexibility index (Phi) is 5.95. The standard InChI is InChI=1S/C29H24N2O2S/c1-19-10-4-8-14-24(19)30-29-31(25-15-9-5-11-20(25)2)28(32)27(34-29)18-23-22-13-7-6-12-21(22)16-17-26(23)33-3/h4-18H,1-3H3/b27-18+,30-29?. The summed E-state index contributed by atoms with van der Waals surface area (Å²) in [6.07, 6.45) is 1.93. The van der Waals surface area contributed by atoms with Crippen LogP contribution < -0.4 is 9.64 Å². The second-order valence-electron chi connectivity index (χ2n) is 8.12. The van der Waals surface area contributed by atoms with Crippen LogP contribution in [0.4, 0.5) is 11.4 Å². The third kappa shape index (κ3) is 3.99. The summed E-state index contributed by atoms with van der Waals surface area (Å²) in [4.78, 5) is 21.0. The number of carbonyl (C=O) groups excluding carboxylic acids is 1. The average Bonchev–Trinajstić information content (AvgIpc) is 3.15. The van der Waals surface area contributed by atoms with Gasteiger partial charge in [0.25, 0.3) is 5.91 Å². The number of thioether (sulfide) groups is 1. The molecular formula is C29H24N2O2S. The summed E-state index contributed by atoms with van der Waals surface area (Å²) >= 11 is 1.39. The summed E-state index contributed by atoms with van der Waals surface area (Å²) in [6.45, 7) is 4.03. The average molecular weight is 465 g/mol. The van der Waals surface area contributed by atoms with Crippen LogP contribution in [0.15, 0.2) is 94.8 Å². The number of hydrogen-bond acceptors (Lipinski definition) is 4. The Balaban J connectivity index is 1.68.